The molecule has 0 saturated carbocycles. The van der Waals surface area contributed by atoms with Gasteiger partial charge >= 0.3 is 0 Å². The van der Waals surface area contributed by atoms with E-state index in [-0.39, 0.29) is 10.7 Å². The topological polar surface area (TPSA) is 29.5 Å². The fraction of sp³-hybridized carbons (Fsp3) is 0.909. The zero-order chi connectivity index (χ0) is 11.3. The van der Waals surface area contributed by atoms with E-state index in [0.717, 1.165) is 39.1 Å². The van der Waals surface area contributed by atoms with Gasteiger partial charge in [-0.15, -0.1) is 0 Å². The Morgan fingerprint density at radius 2 is 2.33 bits per heavy atom. The molecule has 1 fully saturated rings. The van der Waals surface area contributed by atoms with Crippen molar-refractivity contribution in [3.05, 3.63) is 0 Å². The number of carbonyl (C=O) groups is 1. The molecule has 0 aromatic rings. The molecule has 0 aromatic carbocycles. The van der Waals surface area contributed by atoms with Gasteiger partial charge in [0.25, 0.3) is 0 Å². The van der Waals surface area contributed by atoms with Crippen molar-refractivity contribution < 1.29 is 9.53 Å². The Hall–Kier alpha value is -0.0900. The van der Waals surface area contributed by atoms with E-state index in [1.54, 1.807) is 0 Å². The Morgan fingerprint density at radius 3 is 2.87 bits per heavy atom. The largest absolute Gasteiger partial charge is 0.381 e. The maximum atomic E-state index is 11.5. The molecule has 15 heavy (non-hydrogen) atoms. The Labute approximate surface area is 100 Å². The molecule has 1 atom stereocenters. The van der Waals surface area contributed by atoms with E-state index >= 15 is 0 Å². The van der Waals surface area contributed by atoms with Crippen molar-refractivity contribution in [2.75, 3.05) is 26.3 Å². The zero-order valence-electron chi connectivity index (χ0n) is 9.54. The second kappa shape index (κ2) is 6.48. The SMILES string of the molecule is CC(C)COCCCN1CCC(Br)C1=O. The second-order valence-electron chi connectivity index (χ2n) is 4.40. The number of ether oxygens (including phenoxy) is 1. The third-order valence-corrected chi connectivity index (χ3v) is 3.25. The quantitative estimate of drug-likeness (QED) is 0.549. The molecule has 1 rings (SSSR count). The summed E-state index contributed by atoms with van der Waals surface area (Å²) in [6.07, 6.45) is 1.88. The van der Waals surface area contributed by atoms with Gasteiger partial charge in [0.15, 0.2) is 0 Å². The van der Waals surface area contributed by atoms with Gasteiger partial charge in [0, 0.05) is 26.3 Å². The van der Waals surface area contributed by atoms with Crippen LogP contribution in [0.4, 0.5) is 0 Å². The molecule has 0 N–H and O–H groups in total. The van der Waals surface area contributed by atoms with Crippen LogP contribution in [0.5, 0.6) is 0 Å². The van der Waals surface area contributed by atoms with Crippen LogP contribution in [0.3, 0.4) is 0 Å². The lowest BCUT2D eigenvalue weighted by molar-refractivity contribution is -0.127. The van der Waals surface area contributed by atoms with Gasteiger partial charge < -0.3 is 9.64 Å². The summed E-state index contributed by atoms with van der Waals surface area (Å²) in [5, 5.41) is 0. The van der Waals surface area contributed by atoms with E-state index in [9.17, 15) is 4.79 Å². The number of halogens is 1. The van der Waals surface area contributed by atoms with Crippen LogP contribution in [0.15, 0.2) is 0 Å². The van der Waals surface area contributed by atoms with E-state index < -0.39 is 0 Å². The van der Waals surface area contributed by atoms with Crippen LogP contribution in [0.1, 0.15) is 26.7 Å². The van der Waals surface area contributed by atoms with Crippen molar-refractivity contribution in [1.82, 2.24) is 4.90 Å². The van der Waals surface area contributed by atoms with E-state index in [0.29, 0.717) is 5.92 Å². The van der Waals surface area contributed by atoms with Crippen LogP contribution < -0.4 is 0 Å². The normalized spacial score (nSPS) is 21.7. The number of likely N-dealkylation sites (tertiary alicyclic amines) is 1. The van der Waals surface area contributed by atoms with Gasteiger partial charge in [0.2, 0.25) is 5.91 Å². The highest BCUT2D eigenvalue weighted by Gasteiger charge is 2.28. The molecule has 4 heteroatoms. The molecule has 0 aliphatic carbocycles. The highest BCUT2D eigenvalue weighted by Crippen LogP contribution is 2.18. The summed E-state index contributed by atoms with van der Waals surface area (Å²) < 4.78 is 5.47. The fourth-order valence-corrected chi connectivity index (χ4v) is 2.09. The standard InChI is InChI=1S/C11H20BrNO2/c1-9(2)8-15-7-3-5-13-6-4-10(12)11(13)14/h9-10H,3-8H2,1-2H3. The third-order valence-electron chi connectivity index (χ3n) is 2.40. The van der Waals surface area contributed by atoms with Crippen LogP contribution in [-0.2, 0) is 9.53 Å². The molecule has 88 valence electrons. The van der Waals surface area contributed by atoms with Crippen LogP contribution in [0.2, 0.25) is 0 Å². The Bertz CT molecular complexity index is 209. The molecular weight excluding hydrogens is 258 g/mol. The van der Waals surface area contributed by atoms with Crippen molar-refractivity contribution in [2.24, 2.45) is 5.92 Å². The number of carbonyl (C=O) groups excluding carboxylic acids is 1. The van der Waals surface area contributed by atoms with E-state index in [1.807, 2.05) is 4.90 Å². The van der Waals surface area contributed by atoms with Gasteiger partial charge in [-0.1, -0.05) is 29.8 Å². The highest BCUT2D eigenvalue weighted by atomic mass is 79.9. The Kier molecular flexibility index (Phi) is 5.61. The molecule has 3 nitrogen and oxygen atoms in total. The summed E-state index contributed by atoms with van der Waals surface area (Å²) >= 11 is 3.36. The first kappa shape index (κ1) is 13.0. The highest BCUT2D eigenvalue weighted by molar-refractivity contribution is 9.10. The lowest BCUT2D eigenvalue weighted by Gasteiger charge is -2.15. The number of amides is 1. The van der Waals surface area contributed by atoms with Crippen molar-refractivity contribution >= 4 is 21.8 Å². The fourth-order valence-electron chi connectivity index (χ4n) is 1.60. The molecule has 1 amide bonds. The van der Waals surface area contributed by atoms with E-state index in [4.69, 9.17) is 4.74 Å². The molecular formula is C11H20BrNO2. The Balaban J connectivity index is 2.03. The molecule has 1 saturated heterocycles. The smallest absolute Gasteiger partial charge is 0.236 e. The van der Waals surface area contributed by atoms with Crippen LogP contribution >= 0.6 is 15.9 Å². The zero-order valence-corrected chi connectivity index (χ0v) is 11.1. The van der Waals surface area contributed by atoms with E-state index in [2.05, 4.69) is 29.8 Å². The monoisotopic (exact) mass is 277 g/mol. The molecule has 0 bridgehead atoms. The predicted octanol–water partition coefficient (Wildman–Crippen LogP) is 2.04. The van der Waals surface area contributed by atoms with Crippen molar-refractivity contribution in [3.8, 4) is 0 Å². The predicted molar refractivity (Wildman–Crippen MR) is 64.2 cm³/mol. The molecule has 1 heterocycles. The minimum atomic E-state index is 0.0501. The minimum Gasteiger partial charge on any atom is -0.381 e. The number of rotatable bonds is 6. The van der Waals surface area contributed by atoms with E-state index in [1.165, 1.54) is 0 Å². The third kappa shape index (κ3) is 4.51. The summed E-state index contributed by atoms with van der Waals surface area (Å²) in [6, 6.07) is 0. The number of nitrogens with zero attached hydrogens (tertiary/aromatic N) is 1. The molecule has 0 spiro atoms. The van der Waals surface area contributed by atoms with Gasteiger partial charge in [-0.05, 0) is 18.8 Å². The first-order chi connectivity index (χ1) is 7.11. The average Bonchev–Trinajstić information content (AvgIpc) is 2.48. The first-order valence-corrected chi connectivity index (χ1v) is 6.53. The number of hydrogen-bond acceptors (Lipinski definition) is 2. The maximum Gasteiger partial charge on any atom is 0.236 e. The second-order valence-corrected chi connectivity index (χ2v) is 5.51. The summed E-state index contributed by atoms with van der Waals surface area (Å²) in [5.41, 5.74) is 0. The van der Waals surface area contributed by atoms with Crippen LogP contribution in [0, 0.1) is 5.92 Å². The van der Waals surface area contributed by atoms with Gasteiger partial charge in [0.1, 0.15) is 0 Å². The average molecular weight is 278 g/mol. The van der Waals surface area contributed by atoms with Crippen molar-refractivity contribution in [1.29, 1.82) is 0 Å². The molecule has 0 radical (unpaired) electrons. The lowest BCUT2D eigenvalue weighted by Crippen LogP contribution is -2.29. The number of hydrogen-bond donors (Lipinski definition) is 0. The van der Waals surface area contributed by atoms with Crippen molar-refractivity contribution in [2.45, 2.75) is 31.5 Å². The number of alkyl halides is 1. The lowest BCUT2D eigenvalue weighted by atomic mass is 10.2. The van der Waals surface area contributed by atoms with Crippen molar-refractivity contribution in [3.63, 3.8) is 0 Å². The summed E-state index contributed by atoms with van der Waals surface area (Å²) in [5.74, 6) is 0.823. The van der Waals surface area contributed by atoms with Crippen LogP contribution in [-0.4, -0.2) is 41.9 Å². The van der Waals surface area contributed by atoms with Crippen LogP contribution in [0.25, 0.3) is 0 Å². The Morgan fingerprint density at radius 1 is 1.60 bits per heavy atom. The summed E-state index contributed by atoms with van der Waals surface area (Å²) in [4.78, 5) is 13.5. The van der Waals surface area contributed by atoms with Gasteiger partial charge in [-0.3, -0.25) is 4.79 Å². The van der Waals surface area contributed by atoms with Gasteiger partial charge in [0.05, 0.1) is 4.83 Å². The molecule has 0 aromatic heterocycles. The molecule has 1 aliphatic rings. The summed E-state index contributed by atoms with van der Waals surface area (Å²) in [7, 11) is 0. The first-order valence-electron chi connectivity index (χ1n) is 5.62. The van der Waals surface area contributed by atoms with Gasteiger partial charge in [-0.25, -0.2) is 0 Å². The molecule has 1 aliphatic heterocycles. The van der Waals surface area contributed by atoms with Gasteiger partial charge in [-0.2, -0.15) is 0 Å². The summed E-state index contributed by atoms with van der Waals surface area (Å²) in [6.45, 7) is 7.57. The molecule has 1 unspecified atom stereocenters. The minimum absolute atomic E-state index is 0.0501. The maximum absolute atomic E-state index is 11.5.